The first-order valence-electron chi connectivity index (χ1n) is 8.70. The molecule has 0 saturated heterocycles. The fraction of sp³-hybridized carbons (Fsp3) is 0.227. The van der Waals surface area contributed by atoms with E-state index in [4.69, 9.17) is 4.74 Å². The molecule has 4 heteroatoms. The Balaban J connectivity index is 1.71. The van der Waals surface area contributed by atoms with Gasteiger partial charge in [-0.15, -0.1) is 0 Å². The largest absolute Gasteiger partial charge is 0.372 e. The van der Waals surface area contributed by atoms with Crippen LogP contribution in [0.3, 0.4) is 0 Å². The topological polar surface area (TPSA) is 38.3 Å². The van der Waals surface area contributed by atoms with E-state index >= 15 is 0 Å². The number of nitrogens with one attached hydrogen (secondary N) is 1. The van der Waals surface area contributed by atoms with E-state index in [1.807, 2.05) is 54.6 Å². The van der Waals surface area contributed by atoms with Crippen molar-refractivity contribution in [1.29, 1.82) is 0 Å². The van der Waals surface area contributed by atoms with E-state index < -0.39 is 5.60 Å². The van der Waals surface area contributed by atoms with Gasteiger partial charge in [0.15, 0.2) is 0 Å². The Labute approximate surface area is 158 Å². The van der Waals surface area contributed by atoms with Crippen molar-refractivity contribution in [2.75, 3.05) is 13.7 Å². The number of benzene rings is 2. The zero-order valence-electron chi connectivity index (χ0n) is 15.1. The molecular weight excluding hydrogens is 342 g/mol. The molecule has 1 amide bonds. The van der Waals surface area contributed by atoms with Gasteiger partial charge < -0.3 is 10.1 Å². The van der Waals surface area contributed by atoms with Crippen LogP contribution in [-0.2, 0) is 10.3 Å². The molecule has 0 bridgehead atoms. The Morgan fingerprint density at radius 2 is 1.77 bits per heavy atom. The summed E-state index contributed by atoms with van der Waals surface area (Å²) in [5.41, 5.74) is 3.49. The highest BCUT2D eigenvalue weighted by molar-refractivity contribution is 7.08. The second-order valence-electron chi connectivity index (χ2n) is 6.19. The fourth-order valence-corrected chi connectivity index (χ4v) is 3.74. The van der Waals surface area contributed by atoms with Crippen molar-refractivity contribution < 1.29 is 9.53 Å². The molecule has 0 aliphatic rings. The quantitative estimate of drug-likeness (QED) is 0.633. The van der Waals surface area contributed by atoms with Gasteiger partial charge in [-0.2, -0.15) is 11.3 Å². The maximum Gasteiger partial charge on any atom is 0.251 e. The summed E-state index contributed by atoms with van der Waals surface area (Å²) < 4.78 is 5.81. The average molecular weight is 365 g/mol. The number of hydrogen-bond donors (Lipinski definition) is 1. The first-order valence-corrected chi connectivity index (χ1v) is 9.64. The van der Waals surface area contributed by atoms with Crippen molar-refractivity contribution in [2.24, 2.45) is 0 Å². The molecule has 1 unspecified atom stereocenters. The van der Waals surface area contributed by atoms with Crippen molar-refractivity contribution in [2.45, 2.75) is 18.9 Å². The smallest absolute Gasteiger partial charge is 0.251 e. The van der Waals surface area contributed by atoms with Gasteiger partial charge in [0.1, 0.15) is 5.60 Å². The highest BCUT2D eigenvalue weighted by Gasteiger charge is 2.30. The fourth-order valence-electron chi connectivity index (χ4n) is 3.08. The van der Waals surface area contributed by atoms with E-state index in [0.29, 0.717) is 12.1 Å². The zero-order valence-corrected chi connectivity index (χ0v) is 15.9. The number of ether oxygens (including phenoxy) is 1. The molecule has 3 aromatic rings. The molecule has 0 spiro atoms. The zero-order chi connectivity index (χ0) is 18.4. The molecule has 3 rings (SSSR count). The van der Waals surface area contributed by atoms with Gasteiger partial charge in [-0.25, -0.2) is 0 Å². The number of thiophene rings is 1. The molecule has 3 nitrogen and oxygen atoms in total. The molecule has 26 heavy (non-hydrogen) atoms. The van der Waals surface area contributed by atoms with E-state index in [1.165, 1.54) is 5.56 Å². The number of carbonyl (C=O) groups excluding carboxylic acids is 1. The van der Waals surface area contributed by atoms with E-state index in [0.717, 1.165) is 17.5 Å². The van der Waals surface area contributed by atoms with Gasteiger partial charge in [0.05, 0.1) is 6.54 Å². The first kappa shape index (κ1) is 18.4. The predicted octanol–water partition coefficient (Wildman–Crippen LogP) is 5.10. The van der Waals surface area contributed by atoms with Crippen LogP contribution in [0.2, 0.25) is 0 Å². The van der Waals surface area contributed by atoms with Crippen LogP contribution in [0, 0.1) is 0 Å². The second kappa shape index (κ2) is 8.30. The highest BCUT2D eigenvalue weighted by atomic mass is 32.1. The Bertz CT molecular complexity index is 822. The number of rotatable bonds is 7. The van der Waals surface area contributed by atoms with Crippen molar-refractivity contribution >= 4 is 17.2 Å². The number of carbonyl (C=O) groups is 1. The number of hydrogen-bond acceptors (Lipinski definition) is 3. The Kier molecular flexibility index (Phi) is 5.86. The molecule has 2 aromatic carbocycles. The molecule has 1 aromatic heterocycles. The van der Waals surface area contributed by atoms with Crippen LogP contribution in [0.5, 0.6) is 0 Å². The third kappa shape index (κ3) is 3.87. The van der Waals surface area contributed by atoms with Crippen molar-refractivity contribution in [3.05, 3.63) is 82.6 Å². The van der Waals surface area contributed by atoms with Gasteiger partial charge in [0.2, 0.25) is 0 Å². The molecule has 134 valence electrons. The Morgan fingerprint density at radius 3 is 2.35 bits per heavy atom. The lowest BCUT2D eigenvalue weighted by Gasteiger charge is -2.32. The summed E-state index contributed by atoms with van der Waals surface area (Å²) >= 11 is 1.67. The molecule has 0 radical (unpaired) electrons. The van der Waals surface area contributed by atoms with Crippen molar-refractivity contribution in [1.82, 2.24) is 5.32 Å². The van der Waals surface area contributed by atoms with E-state index in [-0.39, 0.29) is 5.91 Å². The van der Waals surface area contributed by atoms with Crippen LogP contribution in [0.1, 0.15) is 29.3 Å². The molecule has 0 saturated carbocycles. The average Bonchev–Trinajstić information content (AvgIpc) is 3.25. The predicted molar refractivity (Wildman–Crippen MR) is 108 cm³/mol. The van der Waals surface area contributed by atoms with E-state index in [9.17, 15) is 4.79 Å². The van der Waals surface area contributed by atoms with Crippen molar-refractivity contribution in [3.8, 4) is 11.1 Å². The number of methoxy groups -OCH3 is 1. The molecular formula is C22H23NO2S. The van der Waals surface area contributed by atoms with Crippen molar-refractivity contribution in [3.63, 3.8) is 0 Å². The van der Waals surface area contributed by atoms with Gasteiger partial charge in [-0.05, 0) is 52.1 Å². The molecule has 1 heterocycles. The minimum atomic E-state index is -0.520. The summed E-state index contributed by atoms with van der Waals surface area (Å²) in [6.45, 7) is 2.49. The lowest BCUT2D eigenvalue weighted by molar-refractivity contribution is -0.0164. The van der Waals surface area contributed by atoms with Crippen LogP contribution in [0.4, 0.5) is 0 Å². The first-order chi connectivity index (χ1) is 12.7. The third-order valence-electron chi connectivity index (χ3n) is 4.80. The monoisotopic (exact) mass is 365 g/mol. The number of amides is 1. The normalized spacial score (nSPS) is 13.2. The standard InChI is InChI=1S/C22H23NO2S/c1-3-22(25-2,20-7-5-4-6-8-20)16-23-21(24)18-11-9-17(10-12-18)19-13-14-26-15-19/h4-15H,3,16H2,1-2H3,(H,23,24). The lowest BCUT2D eigenvalue weighted by atomic mass is 9.90. The summed E-state index contributed by atoms with van der Waals surface area (Å²) in [6.07, 6.45) is 0.769. The van der Waals surface area contributed by atoms with Gasteiger partial charge in [0, 0.05) is 12.7 Å². The van der Waals surface area contributed by atoms with Gasteiger partial charge >= 0.3 is 0 Å². The third-order valence-corrected chi connectivity index (χ3v) is 5.48. The summed E-state index contributed by atoms with van der Waals surface area (Å²) in [5, 5.41) is 7.18. The van der Waals surface area contributed by atoms with Gasteiger partial charge in [-0.1, -0.05) is 49.4 Å². The Hall–Kier alpha value is -2.43. The maximum absolute atomic E-state index is 12.6. The van der Waals surface area contributed by atoms with Gasteiger partial charge in [0.25, 0.3) is 5.91 Å². The maximum atomic E-state index is 12.6. The lowest BCUT2D eigenvalue weighted by Crippen LogP contribution is -2.41. The molecule has 1 N–H and O–H groups in total. The highest BCUT2D eigenvalue weighted by Crippen LogP contribution is 2.28. The van der Waals surface area contributed by atoms with E-state index in [1.54, 1.807) is 18.4 Å². The van der Waals surface area contributed by atoms with Crippen LogP contribution in [-0.4, -0.2) is 19.6 Å². The van der Waals surface area contributed by atoms with Crippen LogP contribution in [0.25, 0.3) is 11.1 Å². The van der Waals surface area contributed by atoms with E-state index in [2.05, 4.69) is 29.1 Å². The minimum absolute atomic E-state index is 0.0901. The Morgan fingerprint density at radius 1 is 1.04 bits per heavy atom. The summed E-state index contributed by atoms with van der Waals surface area (Å²) in [6, 6.07) is 19.8. The van der Waals surface area contributed by atoms with Crippen LogP contribution < -0.4 is 5.32 Å². The summed E-state index contributed by atoms with van der Waals surface area (Å²) in [7, 11) is 1.69. The molecule has 0 aliphatic heterocycles. The van der Waals surface area contributed by atoms with Crippen LogP contribution >= 0.6 is 11.3 Å². The van der Waals surface area contributed by atoms with Crippen LogP contribution in [0.15, 0.2) is 71.4 Å². The minimum Gasteiger partial charge on any atom is -0.372 e. The summed E-state index contributed by atoms with van der Waals surface area (Å²) in [4.78, 5) is 12.6. The second-order valence-corrected chi connectivity index (χ2v) is 6.97. The van der Waals surface area contributed by atoms with Gasteiger partial charge in [-0.3, -0.25) is 4.79 Å². The molecule has 0 aliphatic carbocycles. The molecule has 0 fully saturated rings. The summed E-state index contributed by atoms with van der Waals surface area (Å²) in [5.74, 6) is -0.0901. The SMILES string of the molecule is CCC(CNC(=O)c1ccc(-c2ccsc2)cc1)(OC)c1ccccc1. The molecule has 1 atom stereocenters.